The molecule has 1 unspecified atom stereocenters. The molecule has 1 aliphatic rings. The van der Waals surface area contributed by atoms with Crippen LogP contribution in [0.15, 0.2) is 0 Å². The summed E-state index contributed by atoms with van der Waals surface area (Å²) in [5.74, 6) is 2.37. The molecule has 0 spiro atoms. The number of hydrogen-bond acceptors (Lipinski definition) is 5. The van der Waals surface area contributed by atoms with E-state index in [2.05, 4.69) is 50.0 Å². The van der Waals surface area contributed by atoms with Gasteiger partial charge >= 0.3 is 0 Å². The van der Waals surface area contributed by atoms with Crippen LogP contribution in [0, 0.1) is 6.92 Å². The van der Waals surface area contributed by atoms with Crippen LogP contribution in [0.1, 0.15) is 36.8 Å². The number of nitrogens with one attached hydrogen (secondary N) is 1. The summed E-state index contributed by atoms with van der Waals surface area (Å²) in [6, 6.07) is 0.498. The van der Waals surface area contributed by atoms with Crippen LogP contribution in [0.3, 0.4) is 0 Å². The number of likely N-dealkylation sites (N-methyl/N-ethyl adjacent to an activating group) is 2. The van der Waals surface area contributed by atoms with E-state index >= 15 is 0 Å². The molecule has 1 atom stereocenters. The van der Waals surface area contributed by atoms with Gasteiger partial charge in [0.25, 0.3) is 0 Å². The van der Waals surface area contributed by atoms with Crippen LogP contribution in [0.2, 0.25) is 0 Å². The molecule has 1 aliphatic heterocycles. The number of piperazine rings is 1. The zero-order chi connectivity index (χ0) is 15.6. The van der Waals surface area contributed by atoms with E-state index in [1.165, 1.54) is 5.56 Å². The standard InChI is InChI=1S/C16H29N5/c1-11(2)15-12(3)18-14(19-16(15)17-4)9-13-10-20(5)7-8-21(13)6/h11,13H,7-10H2,1-6H3,(H,17,18,19). The molecule has 1 aromatic heterocycles. The maximum atomic E-state index is 4.76. The average molecular weight is 291 g/mol. The number of aryl methyl sites for hydroxylation is 1. The van der Waals surface area contributed by atoms with Crippen LogP contribution in [0.25, 0.3) is 0 Å². The van der Waals surface area contributed by atoms with Crippen molar-refractivity contribution in [2.24, 2.45) is 0 Å². The largest absolute Gasteiger partial charge is 0.373 e. The fourth-order valence-electron chi connectivity index (χ4n) is 3.15. The summed E-state index contributed by atoms with van der Waals surface area (Å²) in [7, 11) is 6.33. The molecule has 1 aromatic rings. The van der Waals surface area contributed by atoms with Gasteiger partial charge in [0.1, 0.15) is 11.6 Å². The van der Waals surface area contributed by atoms with E-state index < -0.39 is 0 Å². The van der Waals surface area contributed by atoms with Crippen LogP contribution >= 0.6 is 0 Å². The van der Waals surface area contributed by atoms with Gasteiger partial charge in [-0.15, -0.1) is 0 Å². The van der Waals surface area contributed by atoms with Crippen molar-refractivity contribution in [3.8, 4) is 0 Å². The highest BCUT2D eigenvalue weighted by Gasteiger charge is 2.24. The quantitative estimate of drug-likeness (QED) is 0.915. The predicted octanol–water partition coefficient (Wildman–Crippen LogP) is 1.74. The fourth-order valence-corrected chi connectivity index (χ4v) is 3.15. The number of rotatable bonds is 4. The van der Waals surface area contributed by atoms with Gasteiger partial charge in [0, 0.05) is 50.4 Å². The topological polar surface area (TPSA) is 44.3 Å². The molecule has 0 aliphatic carbocycles. The second-order valence-corrected chi connectivity index (χ2v) is 6.49. The maximum Gasteiger partial charge on any atom is 0.133 e. The third-order valence-electron chi connectivity index (χ3n) is 4.40. The van der Waals surface area contributed by atoms with Crippen LogP contribution in [0.5, 0.6) is 0 Å². The van der Waals surface area contributed by atoms with E-state index in [-0.39, 0.29) is 0 Å². The number of anilines is 1. The Labute approximate surface area is 128 Å². The first-order valence-electron chi connectivity index (χ1n) is 7.86. The summed E-state index contributed by atoms with van der Waals surface area (Å²) < 4.78 is 0. The Morgan fingerprint density at radius 2 is 1.95 bits per heavy atom. The predicted molar refractivity (Wildman–Crippen MR) is 88.0 cm³/mol. The Hall–Kier alpha value is -1.20. The van der Waals surface area contributed by atoms with Crippen molar-refractivity contribution in [1.82, 2.24) is 19.8 Å². The zero-order valence-corrected chi connectivity index (χ0v) is 14.3. The average Bonchev–Trinajstić information content (AvgIpc) is 2.41. The second-order valence-electron chi connectivity index (χ2n) is 6.49. The lowest BCUT2D eigenvalue weighted by molar-refractivity contribution is 0.113. The van der Waals surface area contributed by atoms with Gasteiger partial charge in [-0.05, 0) is 26.9 Å². The first-order valence-corrected chi connectivity index (χ1v) is 7.86. The first kappa shape index (κ1) is 16.2. The zero-order valence-electron chi connectivity index (χ0n) is 14.3. The van der Waals surface area contributed by atoms with E-state index in [4.69, 9.17) is 9.97 Å². The van der Waals surface area contributed by atoms with Gasteiger partial charge < -0.3 is 15.1 Å². The van der Waals surface area contributed by atoms with Gasteiger partial charge in [-0.1, -0.05) is 13.8 Å². The van der Waals surface area contributed by atoms with E-state index in [9.17, 15) is 0 Å². The molecule has 0 amide bonds. The molecule has 0 radical (unpaired) electrons. The molecule has 0 aromatic carbocycles. The van der Waals surface area contributed by atoms with Gasteiger partial charge in [-0.3, -0.25) is 0 Å². The SMILES string of the molecule is CNc1nc(CC2CN(C)CCN2C)nc(C)c1C(C)C. The van der Waals surface area contributed by atoms with Crippen LogP contribution in [-0.2, 0) is 6.42 Å². The Balaban J connectivity index is 2.22. The van der Waals surface area contributed by atoms with Crippen LogP contribution < -0.4 is 5.32 Å². The van der Waals surface area contributed by atoms with Crippen molar-refractivity contribution in [2.45, 2.75) is 39.2 Å². The first-order chi connectivity index (χ1) is 9.92. The lowest BCUT2D eigenvalue weighted by Crippen LogP contribution is -2.51. The van der Waals surface area contributed by atoms with Gasteiger partial charge in [0.05, 0.1) is 0 Å². The van der Waals surface area contributed by atoms with Crippen LogP contribution in [-0.4, -0.2) is 66.6 Å². The van der Waals surface area contributed by atoms with E-state index in [0.717, 1.165) is 43.4 Å². The van der Waals surface area contributed by atoms with Crippen LogP contribution in [0.4, 0.5) is 5.82 Å². The van der Waals surface area contributed by atoms with Gasteiger partial charge in [-0.2, -0.15) is 0 Å². The normalized spacial score (nSPS) is 21.0. The highest BCUT2D eigenvalue weighted by atomic mass is 15.3. The Morgan fingerprint density at radius 3 is 2.57 bits per heavy atom. The summed E-state index contributed by atoms with van der Waals surface area (Å²) in [5, 5.41) is 3.24. The van der Waals surface area contributed by atoms with Crippen molar-refractivity contribution >= 4 is 5.82 Å². The van der Waals surface area contributed by atoms with Crippen molar-refractivity contribution in [3.63, 3.8) is 0 Å². The minimum Gasteiger partial charge on any atom is -0.373 e. The fraction of sp³-hybridized carbons (Fsp3) is 0.750. The molecule has 5 nitrogen and oxygen atoms in total. The molecule has 2 rings (SSSR count). The molecule has 2 heterocycles. The molecule has 1 saturated heterocycles. The van der Waals surface area contributed by atoms with E-state index in [1.54, 1.807) is 0 Å². The lowest BCUT2D eigenvalue weighted by Gasteiger charge is -2.37. The molecule has 118 valence electrons. The third kappa shape index (κ3) is 3.71. The molecule has 21 heavy (non-hydrogen) atoms. The number of hydrogen-bond donors (Lipinski definition) is 1. The van der Waals surface area contributed by atoms with Crippen molar-refractivity contribution in [2.75, 3.05) is 46.1 Å². The molecular formula is C16H29N5. The summed E-state index contributed by atoms with van der Waals surface area (Å²) in [6.07, 6.45) is 0.911. The molecule has 1 fully saturated rings. The Morgan fingerprint density at radius 1 is 1.24 bits per heavy atom. The Bertz CT molecular complexity index is 486. The van der Waals surface area contributed by atoms with E-state index in [0.29, 0.717) is 12.0 Å². The van der Waals surface area contributed by atoms with Gasteiger partial charge in [0.2, 0.25) is 0 Å². The minimum absolute atomic E-state index is 0.435. The summed E-state index contributed by atoms with van der Waals surface area (Å²) in [4.78, 5) is 14.3. The molecule has 0 saturated carbocycles. The lowest BCUT2D eigenvalue weighted by atomic mass is 10.0. The maximum absolute atomic E-state index is 4.76. The third-order valence-corrected chi connectivity index (χ3v) is 4.40. The molecular weight excluding hydrogens is 262 g/mol. The highest BCUT2D eigenvalue weighted by Crippen LogP contribution is 2.25. The Kier molecular flexibility index (Phi) is 5.17. The van der Waals surface area contributed by atoms with Crippen molar-refractivity contribution in [3.05, 3.63) is 17.1 Å². The van der Waals surface area contributed by atoms with Crippen molar-refractivity contribution in [1.29, 1.82) is 0 Å². The van der Waals surface area contributed by atoms with Crippen molar-refractivity contribution < 1.29 is 0 Å². The van der Waals surface area contributed by atoms with Gasteiger partial charge in [0.15, 0.2) is 0 Å². The summed E-state index contributed by atoms with van der Waals surface area (Å²) >= 11 is 0. The van der Waals surface area contributed by atoms with E-state index in [1.807, 2.05) is 7.05 Å². The number of nitrogens with zero attached hydrogens (tertiary/aromatic N) is 4. The molecule has 0 bridgehead atoms. The summed E-state index contributed by atoms with van der Waals surface area (Å²) in [5.41, 5.74) is 2.33. The monoisotopic (exact) mass is 291 g/mol. The molecule has 5 heteroatoms. The summed E-state index contributed by atoms with van der Waals surface area (Å²) in [6.45, 7) is 9.81. The molecule has 1 N–H and O–H groups in total. The highest BCUT2D eigenvalue weighted by molar-refractivity contribution is 5.47. The van der Waals surface area contributed by atoms with Gasteiger partial charge in [-0.25, -0.2) is 9.97 Å². The number of aromatic nitrogens is 2. The smallest absolute Gasteiger partial charge is 0.133 e. The minimum atomic E-state index is 0.435. The second kappa shape index (κ2) is 6.71.